The van der Waals surface area contributed by atoms with Gasteiger partial charge in [0.25, 0.3) is 0 Å². The van der Waals surface area contributed by atoms with Crippen molar-refractivity contribution in [3.05, 3.63) is 35.9 Å². The smallest absolute Gasteiger partial charge is 0.191 e. The van der Waals surface area contributed by atoms with Crippen molar-refractivity contribution >= 4 is 17.7 Å². The van der Waals surface area contributed by atoms with E-state index < -0.39 is 0 Å². The van der Waals surface area contributed by atoms with Crippen molar-refractivity contribution in [3.8, 4) is 0 Å². The minimum Gasteiger partial charge on any atom is -0.356 e. The van der Waals surface area contributed by atoms with Crippen molar-refractivity contribution in [2.45, 2.75) is 31.4 Å². The molecule has 0 amide bonds. The molecule has 0 aliphatic carbocycles. The highest BCUT2D eigenvalue weighted by Crippen LogP contribution is 2.19. The molecule has 1 atom stereocenters. The number of guanidine groups is 1. The zero-order chi connectivity index (χ0) is 18.1. The Bertz CT molecular complexity index is 530. The normalized spacial score (nSPS) is 19.2. The Balaban J connectivity index is 1.66. The number of nitrogens with one attached hydrogen (secondary N) is 2. The van der Waals surface area contributed by atoms with E-state index in [0.717, 1.165) is 32.0 Å². The number of hydrogen-bond acceptors (Lipinski definition) is 3. The van der Waals surface area contributed by atoms with Crippen molar-refractivity contribution in [2.24, 2.45) is 10.9 Å². The molecule has 0 aromatic heterocycles. The first kappa shape index (κ1) is 20.1. The number of thioether (sulfide) groups is 1. The minimum absolute atomic E-state index is 0.221. The lowest BCUT2D eigenvalue weighted by atomic mass is 10.1. The number of nitrogens with zero attached hydrogens (tertiary/aromatic N) is 2. The number of likely N-dealkylation sites (tertiary alicyclic amines) is 1. The summed E-state index contributed by atoms with van der Waals surface area (Å²) in [5, 5.41) is 6.95. The van der Waals surface area contributed by atoms with Crippen molar-refractivity contribution < 1.29 is 0 Å². The van der Waals surface area contributed by atoms with Crippen molar-refractivity contribution in [1.29, 1.82) is 0 Å². The van der Waals surface area contributed by atoms with Crippen LogP contribution in [-0.2, 0) is 6.42 Å². The van der Waals surface area contributed by atoms with Crippen LogP contribution in [0.2, 0.25) is 0 Å². The molecule has 0 saturated carbocycles. The van der Waals surface area contributed by atoms with E-state index in [2.05, 4.69) is 71.0 Å². The summed E-state index contributed by atoms with van der Waals surface area (Å²) < 4.78 is 0.221. The number of hydrogen-bond donors (Lipinski definition) is 2. The van der Waals surface area contributed by atoms with Crippen LogP contribution in [0.15, 0.2) is 35.3 Å². The summed E-state index contributed by atoms with van der Waals surface area (Å²) in [5.41, 5.74) is 1.44. The monoisotopic (exact) mass is 362 g/mol. The fourth-order valence-electron chi connectivity index (χ4n) is 3.04. The van der Waals surface area contributed by atoms with Gasteiger partial charge in [0.1, 0.15) is 0 Å². The van der Waals surface area contributed by atoms with Gasteiger partial charge in [-0.15, -0.1) is 0 Å². The Morgan fingerprint density at radius 3 is 2.72 bits per heavy atom. The first-order chi connectivity index (χ1) is 12.0. The molecule has 4 nitrogen and oxygen atoms in total. The standard InChI is InChI=1S/C20H34N4S/c1-20(2,25-4)16-23-19(21-3)22-14-18-11-13-24(15-18)12-10-17-8-6-5-7-9-17/h5-9,18H,10-16H2,1-4H3,(H2,21,22,23). The number of benzene rings is 1. The summed E-state index contributed by atoms with van der Waals surface area (Å²) in [7, 11) is 1.85. The van der Waals surface area contributed by atoms with E-state index >= 15 is 0 Å². The average molecular weight is 363 g/mol. The second-order valence-corrected chi connectivity index (χ2v) is 8.97. The highest BCUT2D eigenvalue weighted by atomic mass is 32.2. The number of rotatable bonds is 8. The van der Waals surface area contributed by atoms with Gasteiger partial charge in [-0.05, 0) is 51.0 Å². The molecular formula is C20H34N4S. The topological polar surface area (TPSA) is 39.7 Å². The summed E-state index contributed by atoms with van der Waals surface area (Å²) in [4.78, 5) is 6.94. The molecule has 0 bridgehead atoms. The quantitative estimate of drug-likeness (QED) is 0.551. The van der Waals surface area contributed by atoms with E-state index in [1.807, 2.05) is 18.8 Å². The van der Waals surface area contributed by atoms with Gasteiger partial charge in [0, 0.05) is 38.0 Å². The van der Waals surface area contributed by atoms with Gasteiger partial charge in [-0.3, -0.25) is 4.99 Å². The maximum absolute atomic E-state index is 4.35. The first-order valence-corrected chi connectivity index (χ1v) is 10.5. The van der Waals surface area contributed by atoms with E-state index in [4.69, 9.17) is 0 Å². The molecule has 5 heteroatoms. The molecule has 2 N–H and O–H groups in total. The van der Waals surface area contributed by atoms with Crippen LogP contribution in [0.25, 0.3) is 0 Å². The second kappa shape index (κ2) is 10.1. The van der Waals surface area contributed by atoms with Crippen molar-refractivity contribution in [1.82, 2.24) is 15.5 Å². The zero-order valence-electron chi connectivity index (χ0n) is 16.2. The lowest BCUT2D eigenvalue weighted by molar-refractivity contribution is 0.328. The molecule has 25 heavy (non-hydrogen) atoms. The third-order valence-corrected chi connectivity index (χ3v) is 6.19. The minimum atomic E-state index is 0.221. The van der Waals surface area contributed by atoms with Crippen LogP contribution in [-0.4, -0.2) is 61.6 Å². The van der Waals surface area contributed by atoms with E-state index in [1.54, 1.807) is 0 Å². The van der Waals surface area contributed by atoms with Crippen LogP contribution in [0.5, 0.6) is 0 Å². The molecule has 1 heterocycles. The van der Waals surface area contributed by atoms with Gasteiger partial charge in [-0.25, -0.2) is 0 Å². The lowest BCUT2D eigenvalue weighted by Gasteiger charge is -2.24. The van der Waals surface area contributed by atoms with Gasteiger partial charge in [0.15, 0.2) is 5.96 Å². The molecule has 1 fully saturated rings. The van der Waals surface area contributed by atoms with Crippen LogP contribution in [0, 0.1) is 5.92 Å². The Labute approximate surface area is 157 Å². The van der Waals surface area contributed by atoms with Crippen LogP contribution in [0.3, 0.4) is 0 Å². The SMILES string of the molecule is CN=C(NCC1CCN(CCc2ccccc2)C1)NCC(C)(C)SC. The van der Waals surface area contributed by atoms with E-state index in [-0.39, 0.29) is 4.75 Å². The van der Waals surface area contributed by atoms with Gasteiger partial charge < -0.3 is 15.5 Å². The molecule has 140 valence electrons. The summed E-state index contributed by atoms with van der Waals surface area (Å²) in [6.45, 7) is 9.98. The Morgan fingerprint density at radius 2 is 2.04 bits per heavy atom. The largest absolute Gasteiger partial charge is 0.356 e. The predicted octanol–water partition coefficient (Wildman–Crippen LogP) is 2.86. The van der Waals surface area contributed by atoms with Gasteiger partial charge in [-0.1, -0.05) is 30.3 Å². The fraction of sp³-hybridized carbons (Fsp3) is 0.650. The Morgan fingerprint density at radius 1 is 1.28 bits per heavy atom. The first-order valence-electron chi connectivity index (χ1n) is 9.28. The van der Waals surface area contributed by atoms with Gasteiger partial charge in [-0.2, -0.15) is 11.8 Å². The van der Waals surface area contributed by atoms with E-state index in [9.17, 15) is 0 Å². The average Bonchev–Trinajstić information content (AvgIpc) is 3.09. The molecule has 0 spiro atoms. The zero-order valence-corrected chi connectivity index (χ0v) is 17.0. The van der Waals surface area contributed by atoms with Gasteiger partial charge in [0.2, 0.25) is 0 Å². The van der Waals surface area contributed by atoms with Crippen molar-refractivity contribution in [3.63, 3.8) is 0 Å². The summed E-state index contributed by atoms with van der Waals surface area (Å²) >= 11 is 1.87. The molecule has 1 saturated heterocycles. The lowest BCUT2D eigenvalue weighted by Crippen LogP contribution is -2.44. The van der Waals surface area contributed by atoms with E-state index in [0.29, 0.717) is 5.92 Å². The highest BCUT2D eigenvalue weighted by molar-refractivity contribution is 7.99. The Hall–Kier alpha value is -1.20. The third kappa shape index (κ3) is 7.28. The van der Waals surface area contributed by atoms with Crippen molar-refractivity contribution in [2.75, 3.05) is 46.0 Å². The van der Waals surface area contributed by atoms with Gasteiger partial charge >= 0.3 is 0 Å². The summed E-state index contributed by atoms with van der Waals surface area (Å²) in [6.07, 6.45) is 4.57. The molecule has 1 aromatic carbocycles. The molecule has 1 aliphatic heterocycles. The van der Waals surface area contributed by atoms with E-state index in [1.165, 1.54) is 25.1 Å². The summed E-state index contributed by atoms with van der Waals surface area (Å²) in [5.74, 6) is 1.63. The maximum Gasteiger partial charge on any atom is 0.191 e. The van der Waals surface area contributed by atoms with Crippen LogP contribution >= 0.6 is 11.8 Å². The Kier molecular flexibility index (Phi) is 8.10. The predicted molar refractivity (Wildman–Crippen MR) is 112 cm³/mol. The highest BCUT2D eigenvalue weighted by Gasteiger charge is 2.22. The molecule has 0 radical (unpaired) electrons. The number of aliphatic imine (C=N–C) groups is 1. The molecule has 1 unspecified atom stereocenters. The fourth-order valence-corrected chi connectivity index (χ4v) is 3.26. The van der Waals surface area contributed by atoms with Crippen LogP contribution < -0.4 is 10.6 Å². The molecule has 1 aromatic rings. The molecule has 2 rings (SSSR count). The second-order valence-electron chi connectivity index (χ2n) is 7.46. The molecule has 1 aliphatic rings. The third-order valence-electron chi connectivity index (χ3n) is 4.95. The maximum atomic E-state index is 4.35. The van der Waals surface area contributed by atoms with Crippen LogP contribution in [0.4, 0.5) is 0 Å². The summed E-state index contributed by atoms with van der Waals surface area (Å²) in [6, 6.07) is 10.8. The van der Waals surface area contributed by atoms with Gasteiger partial charge in [0.05, 0.1) is 0 Å². The van der Waals surface area contributed by atoms with Crippen LogP contribution in [0.1, 0.15) is 25.8 Å². The molecular weight excluding hydrogens is 328 g/mol.